The van der Waals surface area contributed by atoms with E-state index >= 15 is 0 Å². The zero-order chi connectivity index (χ0) is 16.0. The number of nitrogens with zero attached hydrogens (tertiary/aromatic N) is 1. The van der Waals surface area contributed by atoms with Crippen LogP contribution in [-0.4, -0.2) is 19.3 Å². The van der Waals surface area contributed by atoms with Crippen LogP contribution in [0.25, 0.3) is 0 Å². The number of hydrogen-bond donors (Lipinski definition) is 2. The van der Waals surface area contributed by atoms with Gasteiger partial charge in [0.2, 0.25) is 15.9 Å². The average Bonchev–Trinajstić information content (AvgIpc) is 3.04. The van der Waals surface area contributed by atoms with E-state index in [2.05, 4.69) is 15.0 Å². The van der Waals surface area contributed by atoms with Gasteiger partial charge in [-0.2, -0.15) is 4.72 Å². The Hall–Kier alpha value is -1.77. The van der Waals surface area contributed by atoms with Gasteiger partial charge in [-0.15, -0.1) is 11.3 Å². The van der Waals surface area contributed by atoms with Crippen LogP contribution < -0.4 is 10.0 Å². The molecule has 1 aromatic heterocycles. The molecule has 0 aliphatic carbocycles. The van der Waals surface area contributed by atoms with Crippen LogP contribution in [0.1, 0.15) is 24.4 Å². The van der Waals surface area contributed by atoms with Crippen LogP contribution in [0.4, 0.5) is 5.69 Å². The molecule has 2 N–H and O–H groups in total. The minimum Gasteiger partial charge on any atom is -0.326 e. The van der Waals surface area contributed by atoms with E-state index in [0.717, 1.165) is 0 Å². The molecule has 1 aliphatic rings. The van der Waals surface area contributed by atoms with E-state index in [1.807, 2.05) is 0 Å². The van der Waals surface area contributed by atoms with Gasteiger partial charge in [-0.25, -0.2) is 13.4 Å². The predicted molar refractivity (Wildman–Crippen MR) is 84.2 cm³/mol. The average molecular weight is 337 g/mol. The summed E-state index contributed by atoms with van der Waals surface area (Å²) in [5, 5.41) is 5.18. The summed E-state index contributed by atoms with van der Waals surface area (Å²) in [6, 6.07) is 4.64. The van der Waals surface area contributed by atoms with E-state index in [9.17, 15) is 13.2 Å². The van der Waals surface area contributed by atoms with E-state index in [1.54, 1.807) is 31.5 Å². The fraction of sp³-hybridized carbons (Fsp3) is 0.286. The number of aromatic nitrogens is 1. The zero-order valence-electron chi connectivity index (χ0n) is 12.1. The quantitative estimate of drug-likeness (QED) is 0.891. The molecule has 0 spiro atoms. The molecular formula is C14H15N3O3S2. The maximum absolute atomic E-state index is 12.6. The lowest BCUT2D eigenvalue weighted by Gasteiger charge is -2.23. The van der Waals surface area contributed by atoms with Crippen LogP contribution in [-0.2, 0) is 26.8 Å². The number of anilines is 1. The van der Waals surface area contributed by atoms with Gasteiger partial charge in [-0.05, 0) is 37.6 Å². The van der Waals surface area contributed by atoms with Crippen molar-refractivity contribution in [2.45, 2.75) is 30.7 Å². The topological polar surface area (TPSA) is 88.2 Å². The van der Waals surface area contributed by atoms with Crippen molar-refractivity contribution in [2.75, 3.05) is 5.32 Å². The largest absolute Gasteiger partial charge is 0.326 e. The third kappa shape index (κ3) is 2.77. The third-order valence-corrected chi connectivity index (χ3v) is 6.12. The lowest BCUT2D eigenvalue weighted by molar-refractivity contribution is -0.115. The van der Waals surface area contributed by atoms with Gasteiger partial charge < -0.3 is 5.32 Å². The molecule has 3 rings (SSSR count). The van der Waals surface area contributed by atoms with Gasteiger partial charge in [0.05, 0.1) is 16.9 Å². The van der Waals surface area contributed by atoms with Crippen molar-refractivity contribution in [3.8, 4) is 0 Å². The Bertz CT molecular complexity index is 827. The van der Waals surface area contributed by atoms with E-state index in [-0.39, 0.29) is 17.2 Å². The summed E-state index contributed by atoms with van der Waals surface area (Å²) in [5.74, 6) is -0.124. The van der Waals surface area contributed by atoms with Crippen LogP contribution in [0.2, 0.25) is 0 Å². The Morgan fingerprint density at radius 3 is 2.82 bits per heavy atom. The van der Waals surface area contributed by atoms with E-state index in [4.69, 9.17) is 0 Å². The molecule has 116 valence electrons. The number of carbonyl (C=O) groups is 1. The van der Waals surface area contributed by atoms with Crippen molar-refractivity contribution < 1.29 is 13.2 Å². The first-order valence-corrected chi connectivity index (χ1v) is 9.01. The molecule has 0 unspecified atom stereocenters. The molecule has 6 nitrogen and oxygen atoms in total. The number of hydrogen-bond acceptors (Lipinski definition) is 5. The molecule has 0 saturated heterocycles. The Kier molecular flexibility index (Phi) is 3.54. The van der Waals surface area contributed by atoms with Crippen molar-refractivity contribution in [3.63, 3.8) is 0 Å². The Labute approximate surface area is 132 Å². The SMILES string of the molecule is CC(C)(NS(=O)(=O)c1ccc2c(c1)CC(=O)N2)c1nccs1. The molecule has 2 aromatic rings. The second-order valence-corrected chi connectivity index (χ2v) is 8.19. The summed E-state index contributed by atoms with van der Waals surface area (Å²) in [6.45, 7) is 3.53. The van der Waals surface area contributed by atoms with Crippen molar-refractivity contribution in [1.82, 2.24) is 9.71 Å². The summed E-state index contributed by atoms with van der Waals surface area (Å²) < 4.78 is 27.8. The smallest absolute Gasteiger partial charge is 0.241 e. The standard InChI is InChI=1S/C14H15N3O3S2/c1-14(2,13-15-5-6-21-13)17-22(19,20)10-3-4-11-9(7-10)8-12(18)16-11/h3-7,17H,8H2,1-2H3,(H,16,18). The molecule has 1 aromatic carbocycles. The molecule has 22 heavy (non-hydrogen) atoms. The van der Waals surface area contributed by atoms with Gasteiger partial charge in [0.15, 0.2) is 0 Å². The highest BCUT2D eigenvalue weighted by Gasteiger charge is 2.31. The number of fused-ring (bicyclic) bond motifs is 1. The fourth-order valence-corrected chi connectivity index (χ4v) is 4.56. The maximum atomic E-state index is 12.6. The molecule has 2 heterocycles. The molecule has 0 atom stereocenters. The molecule has 1 aliphatic heterocycles. The normalized spacial score (nSPS) is 14.7. The van der Waals surface area contributed by atoms with Gasteiger partial charge in [0, 0.05) is 17.3 Å². The van der Waals surface area contributed by atoms with Gasteiger partial charge >= 0.3 is 0 Å². The summed E-state index contributed by atoms with van der Waals surface area (Å²) >= 11 is 1.39. The highest BCUT2D eigenvalue weighted by atomic mass is 32.2. The lowest BCUT2D eigenvalue weighted by Crippen LogP contribution is -2.40. The summed E-state index contributed by atoms with van der Waals surface area (Å²) in [6.07, 6.45) is 1.84. The number of carbonyl (C=O) groups excluding carboxylic acids is 1. The number of amides is 1. The fourth-order valence-electron chi connectivity index (χ4n) is 2.34. The predicted octanol–water partition coefficient (Wildman–Crippen LogP) is 1.85. The van der Waals surface area contributed by atoms with Crippen molar-refractivity contribution in [3.05, 3.63) is 40.3 Å². The van der Waals surface area contributed by atoms with Crippen molar-refractivity contribution in [1.29, 1.82) is 0 Å². The van der Waals surface area contributed by atoms with Gasteiger partial charge in [-0.1, -0.05) is 0 Å². The van der Waals surface area contributed by atoms with E-state index in [0.29, 0.717) is 16.3 Å². The number of benzene rings is 1. The molecule has 1 amide bonds. The molecular weight excluding hydrogens is 322 g/mol. The van der Waals surface area contributed by atoms with Gasteiger partial charge in [0.1, 0.15) is 5.01 Å². The van der Waals surface area contributed by atoms with Crippen LogP contribution >= 0.6 is 11.3 Å². The summed E-state index contributed by atoms with van der Waals surface area (Å²) in [5.41, 5.74) is 0.558. The zero-order valence-corrected chi connectivity index (χ0v) is 13.7. The lowest BCUT2D eigenvalue weighted by atomic mass is 10.1. The molecule has 0 bridgehead atoms. The van der Waals surface area contributed by atoms with E-state index in [1.165, 1.54) is 23.5 Å². The monoisotopic (exact) mass is 337 g/mol. The second-order valence-electron chi connectivity index (χ2n) is 5.61. The van der Waals surface area contributed by atoms with Crippen LogP contribution in [0, 0.1) is 0 Å². The van der Waals surface area contributed by atoms with Crippen LogP contribution in [0.3, 0.4) is 0 Å². The van der Waals surface area contributed by atoms with Gasteiger partial charge in [0.25, 0.3) is 0 Å². The first kappa shape index (κ1) is 15.1. The van der Waals surface area contributed by atoms with Crippen molar-refractivity contribution >= 4 is 33.0 Å². The Morgan fingerprint density at radius 1 is 1.36 bits per heavy atom. The highest BCUT2D eigenvalue weighted by molar-refractivity contribution is 7.89. The minimum atomic E-state index is -3.71. The van der Waals surface area contributed by atoms with Crippen LogP contribution in [0.5, 0.6) is 0 Å². The van der Waals surface area contributed by atoms with E-state index < -0.39 is 15.6 Å². The van der Waals surface area contributed by atoms with Crippen molar-refractivity contribution in [2.24, 2.45) is 0 Å². The number of sulfonamides is 1. The number of rotatable bonds is 4. The molecule has 0 saturated carbocycles. The highest BCUT2D eigenvalue weighted by Crippen LogP contribution is 2.28. The minimum absolute atomic E-state index is 0.124. The first-order chi connectivity index (χ1) is 10.3. The second kappa shape index (κ2) is 5.15. The Morgan fingerprint density at radius 2 is 2.14 bits per heavy atom. The number of thiazole rings is 1. The number of nitrogens with one attached hydrogen (secondary N) is 2. The maximum Gasteiger partial charge on any atom is 0.241 e. The molecule has 0 radical (unpaired) electrons. The molecule has 0 fully saturated rings. The Balaban J connectivity index is 1.91. The van der Waals surface area contributed by atoms with Gasteiger partial charge in [-0.3, -0.25) is 4.79 Å². The molecule has 8 heteroatoms. The van der Waals surface area contributed by atoms with Crippen LogP contribution in [0.15, 0.2) is 34.7 Å². The summed E-state index contributed by atoms with van der Waals surface area (Å²) in [4.78, 5) is 15.7. The summed E-state index contributed by atoms with van der Waals surface area (Å²) in [7, 11) is -3.71. The first-order valence-electron chi connectivity index (χ1n) is 6.65. The third-order valence-electron chi connectivity index (χ3n) is 3.37.